The summed E-state index contributed by atoms with van der Waals surface area (Å²) < 4.78 is 1.74. The van der Waals surface area contributed by atoms with Crippen molar-refractivity contribution in [2.45, 2.75) is 20.3 Å². The minimum atomic E-state index is -0.146. The molecule has 0 aliphatic carbocycles. The van der Waals surface area contributed by atoms with Crippen molar-refractivity contribution in [3.63, 3.8) is 0 Å². The molecule has 0 radical (unpaired) electrons. The summed E-state index contributed by atoms with van der Waals surface area (Å²) in [5.74, 6) is 1.83. The lowest BCUT2D eigenvalue weighted by atomic mass is 10.2. The summed E-state index contributed by atoms with van der Waals surface area (Å²) in [4.78, 5) is 32.3. The summed E-state index contributed by atoms with van der Waals surface area (Å²) in [6.45, 7) is 4.27. The van der Waals surface area contributed by atoms with Crippen molar-refractivity contribution in [2.24, 2.45) is 7.05 Å². The number of nitrogens with one attached hydrogen (secondary N) is 2. The van der Waals surface area contributed by atoms with E-state index in [4.69, 9.17) is 0 Å². The summed E-state index contributed by atoms with van der Waals surface area (Å²) in [7, 11) is 1.86. The molecule has 4 aromatic rings. The van der Waals surface area contributed by atoms with Gasteiger partial charge in [0.2, 0.25) is 0 Å². The van der Waals surface area contributed by atoms with Crippen molar-refractivity contribution in [2.75, 3.05) is 11.9 Å². The van der Waals surface area contributed by atoms with Gasteiger partial charge in [0.1, 0.15) is 17.3 Å². The van der Waals surface area contributed by atoms with Gasteiger partial charge >= 0.3 is 0 Å². The molecular formula is C19H20N8O. The van der Waals surface area contributed by atoms with Gasteiger partial charge < -0.3 is 10.3 Å². The second kappa shape index (κ2) is 7.18. The number of aromatic amines is 1. The van der Waals surface area contributed by atoms with Crippen molar-refractivity contribution in [3.8, 4) is 11.5 Å². The van der Waals surface area contributed by atoms with Crippen molar-refractivity contribution in [1.82, 2.24) is 34.7 Å². The molecular weight excluding hydrogens is 356 g/mol. The molecule has 9 nitrogen and oxygen atoms in total. The molecule has 0 fully saturated rings. The Morgan fingerprint density at radius 3 is 2.79 bits per heavy atom. The van der Waals surface area contributed by atoms with E-state index in [0.29, 0.717) is 36.1 Å². The summed E-state index contributed by atoms with van der Waals surface area (Å²) in [6.07, 6.45) is 2.31. The van der Waals surface area contributed by atoms with Crippen LogP contribution in [0.15, 0.2) is 35.3 Å². The number of nitrogens with zero attached hydrogens (tertiary/aromatic N) is 6. The molecule has 142 valence electrons. The highest BCUT2D eigenvalue weighted by Crippen LogP contribution is 2.26. The number of aryl methyl sites for hydroxylation is 3. The molecule has 0 saturated heterocycles. The van der Waals surface area contributed by atoms with Crippen LogP contribution in [0.25, 0.3) is 22.6 Å². The topological polar surface area (TPSA) is 114 Å². The van der Waals surface area contributed by atoms with E-state index in [1.807, 2.05) is 32.2 Å². The number of pyridine rings is 1. The van der Waals surface area contributed by atoms with E-state index in [9.17, 15) is 4.79 Å². The van der Waals surface area contributed by atoms with Gasteiger partial charge in [0, 0.05) is 38.0 Å². The van der Waals surface area contributed by atoms with E-state index in [1.54, 1.807) is 17.8 Å². The van der Waals surface area contributed by atoms with Crippen molar-refractivity contribution < 1.29 is 0 Å². The van der Waals surface area contributed by atoms with Crippen LogP contribution in [-0.2, 0) is 13.5 Å². The molecule has 2 N–H and O–H groups in total. The fraction of sp³-hybridized carbons (Fsp3) is 0.263. The van der Waals surface area contributed by atoms with E-state index < -0.39 is 0 Å². The number of H-pyrrole nitrogens is 1. The Hall–Kier alpha value is -3.62. The quantitative estimate of drug-likeness (QED) is 0.545. The minimum Gasteiger partial charge on any atom is -0.369 e. The van der Waals surface area contributed by atoms with Gasteiger partial charge in [0.25, 0.3) is 5.56 Å². The molecule has 0 saturated carbocycles. The van der Waals surface area contributed by atoms with Crippen LogP contribution >= 0.6 is 0 Å². The lowest BCUT2D eigenvalue weighted by molar-refractivity contribution is 0.773. The molecule has 0 unspecified atom stereocenters. The number of fused-ring (bicyclic) bond motifs is 1. The molecule has 0 aromatic carbocycles. The van der Waals surface area contributed by atoms with Crippen LogP contribution < -0.4 is 10.9 Å². The van der Waals surface area contributed by atoms with E-state index >= 15 is 0 Å². The van der Waals surface area contributed by atoms with E-state index in [2.05, 4.69) is 35.3 Å². The summed E-state index contributed by atoms with van der Waals surface area (Å²) in [5.41, 5.74) is 2.86. The standard InChI is InChI=1S/C19H20N8O/c1-11-16-18(21-9-7-13-10-15(28)23-12(2)22-13)24-17(14-6-4-5-8-20-14)25-19(16)27(3)26-11/h4-6,8,10H,7,9H2,1-3H3,(H,21,24,25)(H,22,23,28). The fourth-order valence-electron chi connectivity index (χ4n) is 3.15. The molecule has 0 bridgehead atoms. The van der Waals surface area contributed by atoms with Crippen LogP contribution in [0.1, 0.15) is 17.2 Å². The number of rotatable bonds is 5. The van der Waals surface area contributed by atoms with Gasteiger partial charge in [-0.15, -0.1) is 0 Å². The maximum atomic E-state index is 11.6. The predicted octanol–water partition coefficient (Wildman–Crippen LogP) is 1.78. The van der Waals surface area contributed by atoms with Gasteiger partial charge in [-0.1, -0.05) is 6.07 Å². The molecule has 0 atom stereocenters. The monoisotopic (exact) mass is 376 g/mol. The maximum absolute atomic E-state index is 11.6. The van der Waals surface area contributed by atoms with Gasteiger partial charge in [0.05, 0.1) is 11.1 Å². The third-order valence-corrected chi connectivity index (χ3v) is 4.34. The fourth-order valence-corrected chi connectivity index (χ4v) is 3.15. The Morgan fingerprint density at radius 1 is 1.18 bits per heavy atom. The zero-order valence-corrected chi connectivity index (χ0v) is 15.9. The van der Waals surface area contributed by atoms with E-state index in [0.717, 1.165) is 22.4 Å². The Balaban J connectivity index is 1.68. The number of hydrogen-bond donors (Lipinski definition) is 2. The molecule has 0 spiro atoms. The van der Waals surface area contributed by atoms with E-state index in [-0.39, 0.29) is 5.56 Å². The number of aromatic nitrogens is 7. The largest absolute Gasteiger partial charge is 0.369 e. The smallest absolute Gasteiger partial charge is 0.251 e. The highest BCUT2D eigenvalue weighted by Gasteiger charge is 2.16. The van der Waals surface area contributed by atoms with Gasteiger partial charge in [-0.05, 0) is 26.0 Å². The van der Waals surface area contributed by atoms with E-state index in [1.165, 1.54) is 6.07 Å². The van der Waals surface area contributed by atoms with Crippen LogP contribution in [0.3, 0.4) is 0 Å². The van der Waals surface area contributed by atoms with Gasteiger partial charge in [0.15, 0.2) is 11.5 Å². The molecule has 28 heavy (non-hydrogen) atoms. The first-order chi connectivity index (χ1) is 13.5. The normalized spacial score (nSPS) is 11.1. The van der Waals surface area contributed by atoms with Crippen LogP contribution in [0.4, 0.5) is 5.82 Å². The van der Waals surface area contributed by atoms with Crippen molar-refractivity contribution in [1.29, 1.82) is 0 Å². The molecule has 4 rings (SSSR count). The van der Waals surface area contributed by atoms with Crippen LogP contribution in [0.5, 0.6) is 0 Å². The maximum Gasteiger partial charge on any atom is 0.251 e. The summed E-state index contributed by atoms with van der Waals surface area (Å²) in [6, 6.07) is 7.14. The summed E-state index contributed by atoms with van der Waals surface area (Å²) >= 11 is 0. The highest BCUT2D eigenvalue weighted by atomic mass is 16.1. The third-order valence-electron chi connectivity index (χ3n) is 4.34. The molecule has 4 heterocycles. The third kappa shape index (κ3) is 3.46. The second-order valence-corrected chi connectivity index (χ2v) is 6.52. The predicted molar refractivity (Wildman–Crippen MR) is 106 cm³/mol. The average Bonchev–Trinajstić information content (AvgIpc) is 2.96. The minimum absolute atomic E-state index is 0.146. The second-order valence-electron chi connectivity index (χ2n) is 6.52. The van der Waals surface area contributed by atoms with Crippen LogP contribution in [-0.4, -0.2) is 41.2 Å². The zero-order chi connectivity index (χ0) is 19.7. The molecule has 4 aromatic heterocycles. The molecule has 0 aliphatic heterocycles. The first-order valence-corrected chi connectivity index (χ1v) is 8.95. The molecule has 9 heteroatoms. The first kappa shape index (κ1) is 17.8. The van der Waals surface area contributed by atoms with Crippen LogP contribution in [0, 0.1) is 13.8 Å². The Labute approximate surface area is 160 Å². The molecule has 0 aliphatic rings. The summed E-state index contributed by atoms with van der Waals surface area (Å²) in [5, 5.41) is 8.70. The Bertz CT molecular complexity index is 1200. The van der Waals surface area contributed by atoms with Crippen LogP contribution in [0.2, 0.25) is 0 Å². The lowest BCUT2D eigenvalue weighted by Gasteiger charge is -2.09. The van der Waals surface area contributed by atoms with Crippen molar-refractivity contribution >= 4 is 16.9 Å². The first-order valence-electron chi connectivity index (χ1n) is 8.95. The van der Waals surface area contributed by atoms with Gasteiger partial charge in [-0.3, -0.25) is 14.5 Å². The number of anilines is 1. The molecule has 0 amide bonds. The van der Waals surface area contributed by atoms with Gasteiger partial charge in [-0.25, -0.2) is 15.0 Å². The SMILES string of the molecule is Cc1nc(CCNc2nc(-c3ccccn3)nc3c2c(C)nn3C)cc(=O)[nH]1. The highest BCUT2D eigenvalue weighted by molar-refractivity contribution is 5.90. The lowest BCUT2D eigenvalue weighted by Crippen LogP contribution is -2.14. The van der Waals surface area contributed by atoms with Gasteiger partial charge in [-0.2, -0.15) is 5.10 Å². The Morgan fingerprint density at radius 2 is 2.04 bits per heavy atom. The average molecular weight is 376 g/mol. The van der Waals surface area contributed by atoms with Crippen molar-refractivity contribution in [3.05, 3.63) is 58.0 Å². The number of hydrogen-bond acceptors (Lipinski definition) is 7. The Kier molecular flexibility index (Phi) is 4.56. The zero-order valence-electron chi connectivity index (χ0n) is 15.9.